The van der Waals surface area contributed by atoms with Crippen LogP contribution in [0.1, 0.15) is 0 Å². The van der Waals surface area contributed by atoms with Crippen molar-refractivity contribution in [3.05, 3.63) is 36.5 Å². The highest BCUT2D eigenvalue weighted by Crippen LogP contribution is 2.02. The van der Waals surface area contributed by atoms with Gasteiger partial charge in [0.05, 0.1) is 6.67 Å². The molecular formula is C10H13N3. The summed E-state index contributed by atoms with van der Waals surface area (Å²) < 4.78 is 0. The number of pyridine rings is 1. The highest BCUT2D eigenvalue weighted by atomic mass is 15.2. The lowest BCUT2D eigenvalue weighted by Crippen LogP contribution is -2.26. The molecule has 1 aromatic rings. The highest BCUT2D eigenvalue weighted by molar-refractivity contribution is 5.32. The van der Waals surface area contributed by atoms with E-state index in [4.69, 9.17) is 0 Å². The minimum atomic E-state index is 0.865. The van der Waals surface area contributed by atoms with E-state index in [0.29, 0.717) is 0 Å². The Balaban J connectivity index is 1.80. The number of rotatable bonds is 3. The van der Waals surface area contributed by atoms with Crippen LogP contribution in [0.5, 0.6) is 0 Å². The predicted octanol–water partition coefficient (Wildman–Crippen LogP) is 1.32. The van der Waals surface area contributed by atoms with E-state index in [0.717, 1.165) is 25.6 Å². The molecule has 3 heteroatoms. The van der Waals surface area contributed by atoms with E-state index in [1.807, 2.05) is 18.2 Å². The Morgan fingerprint density at radius 2 is 2.15 bits per heavy atom. The quantitative estimate of drug-likeness (QED) is 0.702. The summed E-state index contributed by atoms with van der Waals surface area (Å²) in [7, 11) is 0. The van der Waals surface area contributed by atoms with Crippen LogP contribution in [0.3, 0.4) is 0 Å². The van der Waals surface area contributed by atoms with Crippen LogP contribution in [-0.2, 0) is 0 Å². The van der Waals surface area contributed by atoms with Crippen molar-refractivity contribution in [2.45, 2.75) is 0 Å². The Bertz CT molecular complexity index is 273. The number of nitrogens with zero attached hydrogens (tertiary/aromatic N) is 2. The lowest BCUT2D eigenvalue weighted by atomic mass is 10.5. The maximum Gasteiger partial charge on any atom is 0.126 e. The van der Waals surface area contributed by atoms with Gasteiger partial charge in [-0.25, -0.2) is 4.98 Å². The van der Waals surface area contributed by atoms with E-state index in [2.05, 4.69) is 27.4 Å². The molecule has 13 heavy (non-hydrogen) atoms. The maximum absolute atomic E-state index is 4.18. The van der Waals surface area contributed by atoms with Crippen molar-refractivity contribution in [2.75, 3.05) is 25.1 Å². The Morgan fingerprint density at radius 1 is 1.31 bits per heavy atom. The van der Waals surface area contributed by atoms with Crippen molar-refractivity contribution in [3.8, 4) is 0 Å². The van der Waals surface area contributed by atoms with Gasteiger partial charge in [0.2, 0.25) is 0 Å². The van der Waals surface area contributed by atoms with Gasteiger partial charge in [0.1, 0.15) is 5.82 Å². The van der Waals surface area contributed by atoms with Crippen LogP contribution >= 0.6 is 0 Å². The molecule has 1 aliphatic rings. The van der Waals surface area contributed by atoms with E-state index in [1.165, 1.54) is 0 Å². The summed E-state index contributed by atoms with van der Waals surface area (Å²) in [5, 5.41) is 3.26. The fourth-order valence-corrected chi connectivity index (χ4v) is 1.31. The molecule has 0 aromatic carbocycles. The van der Waals surface area contributed by atoms with Gasteiger partial charge in [-0.05, 0) is 12.1 Å². The summed E-state index contributed by atoms with van der Waals surface area (Å²) in [5.41, 5.74) is 0. The number of aromatic nitrogens is 1. The van der Waals surface area contributed by atoms with Gasteiger partial charge in [-0.1, -0.05) is 18.2 Å². The molecule has 0 amide bonds. The summed E-state index contributed by atoms with van der Waals surface area (Å²) in [6, 6.07) is 5.88. The van der Waals surface area contributed by atoms with Crippen molar-refractivity contribution >= 4 is 5.82 Å². The van der Waals surface area contributed by atoms with Crippen molar-refractivity contribution in [2.24, 2.45) is 0 Å². The van der Waals surface area contributed by atoms with Gasteiger partial charge in [0.15, 0.2) is 0 Å². The molecule has 3 nitrogen and oxygen atoms in total. The Labute approximate surface area is 78.1 Å². The molecule has 0 saturated carbocycles. The zero-order valence-electron chi connectivity index (χ0n) is 7.48. The van der Waals surface area contributed by atoms with Crippen LogP contribution in [0.4, 0.5) is 5.82 Å². The number of nitrogens with one attached hydrogen (secondary N) is 1. The van der Waals surface area contributed by atoms with Gasteiger partial charge >= 0.3 is 0 Å². The third-order valence-electron chi connectivity index (χ3n) is 2.04. The van der Waals surface area contributed by atoms with Crippen molar-refractivity contribution in [1.29, 1.82) is 0 Å². The molecule has 1 aliphatic heterocycles. The van der Waals surface area contributed by atoms with Gasteiger partial charge in [0.25, 0.3) is 0 Å². The van der Waals surface area contributed by atoms with Gasteiger partial charge in [-0.2, -0.15) is 0 Å². The third kappa shape index (κ3) is 2.29. The van der Waals surface area contributed by atoms with Gasteiger partial charge < -0.3 is 5.32 Å². The minimum Gasteiger partial charge on any atom is -0.357 e. The first kappa shape index (κ1) is 8.26. The van der Waals surface area contributed by atoms with E-state index in [1.54, 1.807) is 6.20 Å². The average Bonchev–Trinajstić information content (AvgIpc) is 2.69. The molecule has 1 aromatic heterocycles. The smallest absolute Gasteiger partial charge is 0.126 e. The molecular weight excluding hydrogens is 162 g/mol. The standard InChI is InChI=1S/C10H13N3/c1-2-6-11-10(5-1)12-9-13-7-3-4-8-13/h1-6H,7-9H2,(H,11,12). The summed E-state index contributed by atoms with van der Waals surface area (Å²) >= 11 is 0. The zero-order valence-corrected chi connectivity index (χ0v) is 7.48. The molecule has 2 rings (SSSR count). The fourth-order valence-electron chi connectivity index (χ4n) is 1.31. The largest absolute Gasteiger partial charge is 0.357 e. The fraction of sp³-hybridized carbons (Fsp3) is 0.300. The first-order chi connectivity index (χ1) is 6.45. The minimum absolute atomic E-state index is 0.865. The molecule has 0 aliphatic carbocycles. The Morgan fingerprint density at radius 3 is 2.85 bits per heavy atom. The predicted molar refractivity (Wildman–Crippen MR) is 53.4 cm³/mol. The maximum atomic E-state index is 4.18. The van der Waals surface area contributed by atoms with Crippen LogP contribution in [0, 0.1) is 0 Å². The Kier molecular flexibility index (Phi) is 2.57. The average molecular weight is 175 g/mol. The lowest BCUT2D eigenvalue weighted by Gasteiger charge is -2.15. The van der Waals surface area contributed by atoms with Gasteiger partial charge in [0, 0.05) is 19.3 Å². The van der Waals surface area contributed by atoms with Crippen LogP contribution in [-0.4, -0.2) is 29.6 Å². The Hall–Kier alpha value is -1.35. The molecule has 1 N–H and O–H groups in total. The summed E-state index contributed by atoms with van der Waals surface area (Å²) in [5.74, 6) is 0.939. The summed E-state index contributed by atoms with van der Waals surface area (Å²) in [6.07, 6.45) is 6.16. The number of hydrogen-bond donors (Lipinski definition) is 1. The van der Waals surface area contributed by atoms with E-state index in [-0.39, 0.29) is 0 Å². The summed E-state index contributed by atoms with van der Waals surface area (Å²) in [6.45, 7) is 2.95. The zero-order chi connectivity index (χ0) is 8.93. The molecule has 0 radical (unpaired) electrons. The van der Waals surface area contributed by atoms with Crippen LogP contribution in [0.15, 0.2) is 36.5 Å². The van der Waals surface area contributed by atoms with Crippen LogP contribution in [0.25, 0.3) is 0 Å². The molecule has 68 valence electrons. The summed E-state index contributed by atoms with van der Waals surface area (Å²) in [4.78, 5) is 6.48. The monoisotopic (exact) mass is 175 g/mol. The first-order valence-electron chi connectivity index (χ1n) is 4.47. The van der Waals surface area contributed by atoms with Crippen molar-refractivity contribution in [3.63, 3.8) is 0 Å². The molecule has 0 unspecified atom stereocenters. The highest BCUT2D eigenvalue weighted by Gasteiger charge is 2.04. The molecule has 0 bridgehead atoms. The van der Waals surface area contributed by atoms with E-state index in [9.17, 15) is 0 Å². The normalized spacial score (nSPS) is 16.3. The van der Waals surface area contributed by atoms with Crippen molar-refractivity contribution in [1.82, 2.24) is 9.88 Å². The second-order valence-corrected chi connectivity index (χ2v) is 3.06. The second-order valence-electron chi connectivity index (χ2n) is 3.06. The first-order valence-corrected chi connectivity index (χ1v) is 4.47. The topological polar surface area (TPSA) is 28.2 Å². The van der Waals surface area contributed by atoms with Crippen LogP contribution in [0.2, 0.25) is 0 Å². The SMILES string of the molecule is C1=CCN(CNc2ccccn2)C1. The third-order valence-corrected chi connectivity index (χ3v) is 2.04. The lowest BCUT2D eigenvalue weighted by molar-refractivity contribution is 0.379. The molecule has 0 atom stereocenters. The van der Waals surface area contributed by atoms with Crippen LogP contribution < -0.4 is 5.32 Å². The number of anilines is 1. The number of hydrogen-bond acceptors (Lipinski definition) is 3. The molecule has 2 heterocycles. The van der Waals surface area contributed by atoms with E-state index >= 15 is 0 Å². The molecule has 0 fully saturated rings. The van der Waals surface area contributed by atoms with Crippen molar-refractivity contribution < 1.29 is 0 Å². The van der Waals surface area contributed by atoms with Gasteiger partial charge in [-0.3, -0.25) is 4.90 Å². The van der Waals surface area contributed by atoms with E-state index < -0.39 is 0 Å². The molecule has 0 saturated heterocycles. The molecule has 0 spiro atoms. The second kappa shape index (κ2) is 4.05. The van der Waals surface area contributed by atoms with Gasteiger partial charge in [-0.15, -0.1) is 0 Å².